The largest absolute Gasteiger partial charge is 0.480 e. The van der Waals surface area contributed by atoms with Crippen LogP contribution in [0.25, 0.3) is 0 Å². The van der Waals surface area contributed by atoms with E-state index in [1.54, 1.807) is 4.90 Å². The lowest BCUT2D eigenvalue weighted by molar-refractivity contribution is -0.138. The Morgan fingerprint density at radius 2 is 2.43 bits per heavy atom. The molecule has 1 atom stereocenters. The SMILES string of the molecule is O=C(O)C1CCCN1c1nnc(Br)s1. The van der Waals surface area contributed by atoms with Gasteiger partial charge in [-0.15, -0.1) is 10.2 Å². The van der Waals surface area contributed by atoms with Gasteiger partial charge in [0, 0.05) is 6.54 Å². The summed E-state index contributed by atoms with van der Waals surface area (Å²) in [4.78, 5) is 12.7. The van der Waals surface area contributed by atoms with Gasteiger partial charge in [0.25, 0.3) is 0 Å². The Labute approximate surface area is 92.9 Å². The molecule has 0 bridgehead atoms. The van der Waals surface area contributed by atoms with Gasteiger partial charge in [-0.1, -0.05) is 11.3 Å². The van der Waals surface area contributed by atoms with Crippen LogP contribution >= 0.6 is 27.3 Å². The molecule has 1 N–H and O–H groups in total. The highest BCUT2D eigenvalue weighted by atomic mass is 79.9. The van der Waals surface area contributed by atoms with Crippen LogP contribution in [0.2, 0.25) is 0 Å². The van der Waals surface area contributed by atoms with Gasteiger partial charge in [-0.2, -0.15) is 0 Å². The quantitative estimate of drug-likeness (QED) is 0.884. The molecule has 1 aliphatic heterocycles. The van der Waals surface area contributed by atoms with Gasteiger partial charge in [-0.05, 0) is 28.8 Å². The maximum Gasteiger partial charge on any atom is 0.326 e. The lowest BCUT2D eigenvalue weighted by Gasteiger charge is -2.19. The van der Waals surface area contributed by atoms with E-state index >= 15 is 0 Å². The van der Waals surface area contributed by atoms with Crippen LogP contribution in [-0.2, 0) is 4.79 Å². The molecule has 0 saturated carbocycles. The van der Waals surface area contributed by atoms with Crippen LogP contribution in [0, 0.1) is 0 Å². The van der Waals surface area contributed by atoms with Crippen molar-refractivity contribution in [2.45, 2.75) is 18.9 Å². The Balaban J connectivity index is 2.21. The van der Waals surface area contributed by atoms with Gasteiger partial charge < -0.3 is 10.0 Å². The van der Waals surface area contributed by atoms with Gasteiger partial charge in [-0.3, -0.25) is 0 Å². The standard InChI is InChI=1S/C7H8BrN3O2S/c8-6-9-10-7(14-6)11-3-1-2-4(11)5(12)13/h4H,1-3H2,(H,12,13). The number of carboxylic acid groups (broad SMARTS) is 1. The highest BCUT2D eigenvalue weighted by Gasteiger charge is 2.32. The van der Waals surface area contributed by atoms with Crippen LogP contribution in [0.4, 0.5) is 5.13 Å². The lowest BCUT2D eigenvalue weighted by atomic mass is 10.2. The molecule has 1 saturated heterocycles. The lowest BCUT2D eigenvalue weighted by Crippen LogP contribution is -2.35. The van der Waals surface area contributed by atoms with Crippen molar-refractivity contribution in [3.63, 3.8) is 0 Å². The fourth-order valence-corrected chi connectivity index (χ4v) is 2.73. The number of carbonyl (C=O) groups is 1. The highest BCUT2D eigenvalue weighted by Crippen LogP contribution is 2.30. The molecule has 0 aliphatic carbocycles. The molecule has 1 fully saturated rings. The third-order valence-corrected chi connectivity index (χ3v) is 3.57. The number of aromatic nitrogens is 2. The molecule has 1 aromatic heterocycles. The van der Waals surface area contributed by atoms with Crippen LogP contribution in [-0.4, -0.2) is 33.9 Å². The van der Waals surface area contributed by atoms with E-state index < -0.39 is 12.0 Å². The Hall–Kier alpha value is -0.690. The van der Waals surface area contributed by atoms with Gasteiger partial charge in [0.2, 0.25) is 5.13 Å². The first-order valence-corrected chi connectivity index (χ1v) is 5.78. The average molecular weight is 278 g/mol. The van der Waals surface area contributed by atoms with Gasteiger partial charge in [0.1, 0.15) is 6.04 Å². The van der Waals surface area contributed by atoms with Crippen molar-refractivity contribution in [1.29, 1.82) is 0 Å². The van der Waals surface area contributed by atoms with Crippen LogP contribution in [0.3, 0.4) is 0 Å². The molecule has 1 aromatic rings. The summed E-state index contributed by atoms with van der Waals surface area (Å²) >= 11 is 4.57. The second-order valence-electron chi connectivity index (χ2n) is 3.03. The summed E-state index contributed by atoms with van der Waals surface area (Å²) in [5, 5.41) is 17.4. The van der Waals surface area contributed by atoms with Crippen LogP contribution in [0.5, 0.6) is 0 Å². The Morgan fingerprint density at radius 3 is 3.00 bits per heavy atom. The summed E-state index contributed by atoms with van der Waals surface area (Å²) in [6.07, 6.45) is 1.58. The van der Waals surface area contributed by atoms with Crippen molar-refractivity contribution < 1.29 is 9.90 Å². The number of aliphatic carboxylic acids is 1. The zero-order valence-corrected chi connectivity index (χ0v) is 9.58. The summed E-state index contributed by atoms with van der Waals surface area (Å²) in [6, 6.07) is -0.435. The molecular formula is C7H8BrN3O2S. The smallest absolute Gasteiger partial charge is 0.326 e. The predicted octanol–water partition coefficient (Wildman–Crippen LogP) is 1.35. The van der Waals surface area contributed by atoms with Crippen molar-refractivity contribution in [2.75, 3.05) is 11.4 Å². The summed E-state index contributed by atoms with van der Waals surface area (Å²) in [5.41, 5.74) is 0. The van der Waals surface area contributed by atoms with E-state index in [1.165, 1.54) is 11.3 Å². The van der Waals surface area contributed by atoms with Crippen LogP contribution in [0.15, 0.2) is 3.92 Å². The third-order valence-electron chi connectivity index (χ3n) is 2.17. The molecule has 7 heteroatoms. The molecule has 2 heterocycles. The van der Waals surface area contributed by atoms with Crippen molar-refractivity contribution in [1.82, 2.24) is 10.2 Å². The normalized spacial score (nSPS) is 21.5. The number of hydrogen-bond acceptors (Lipinski definition) is 5. The predicted molar refractivity (Wildman–Crippen MR) is 55.6 cm³/mol. The summed E-state index contributed by atoms with van der Waals surface area (Å²) < 4.78 is 0.684. The topological polar surface area (TPSA) is 66.3 Å². The molecule has 0 radical (unpaired) electrons. The average Bonchev–Trinajstić information content (AvgIpc) is 2.70. The Kier molecular flexibility index (Phi) is 2.69. The maximum atomic E-state index is 10.9. The second kappa shape index (κ2) is 3.82. The molecule has 5 nitrogen and oxygen atoms in total. The van der Waals surface area contributed by atoms with E-state index in [0.717, 1.165) is 13.0 Å². The molecule has 0 amide bonds. The van der Waals surface area contributed by atoms with E-state index in [-0.39, 0.29) is 0 Å². The maximum absolute atomic E-state index is 10.9. The first kappa shape index (κ1) is 9.85. The van der Waals surface area contributed by atoms with Crippen molar-refractivity contribution in [2.24, 2.45) is 0 Å². The summed E-state index contributed by atoms with van der Waals surface area (Å²) in [5.74, 6) is -0.783. The van der Waals surface area contributed by atoms with E-state index in [4.69, 9.17) is 5.11 Å². The van der Waals surface area contributed by atoms with Crippen LogP contribution in [0.1, 0.15) is 12.8 Å². The highest BCUT2D eigenvalue weighted by molar-refractivity contribution is 9.11. The minimum Gasteiger partial charge on any atom is -0.480 e. The minimum absolute atomic E-state index is 0.435. The van der Waals surface area contributed by atoms with Gasteiger partial charge in [-0.25, -0.2) is 4.79 Å². The molecule has 1 aliphatic rings. The number of nitrogens with zero attached hydrogens (tertiary/aromatic N) is 3. The Morgan fingerprint density at radius 1 is 1.64 bits per heavy atom. The van der Waals surface area contributed by atoms with Gasteiger partial charge in [0.15, 0.2) is 3.92 Å². The molecule has 14 heavy (non-hydrogen) atoms. The van der Waals surface area contributed by atoms with E-state index in [1.807, 2.05) is 0 Å². The van der Waals surface area contributed by atoms with Gasteiger partial charge in [0.05, 0.1) is 0 Å². The second-order valence-corrected chi connectivity index (χ2v) is 5.26. The molecule has 0 aromatic carbocycles. The monoisotopic (exact) mass is 277 g/mol. The number of anilines is 1. The zero-order chi connectivity index (χ0) is 10.1. The molecular weight excluding hydrogens is 270 g/mol. The number of halogens is 1. The Bertz CT molecular complexity index is 356. The van der Waals surface area contributed by atoms with E-state index in [0.29, 0.717) is 15.5 Å². The molecule has 0 spiro atoms. The van der Waals surface area contributed by atoms with Crippen molar-refractivity contribution in [3.8, 4) is 0 Å². The third kappa shape index (κ3) is 1.74. The number of rotatable bonds is 2. The van der Waals surface area contributed by atoms with Crippen molar-refractivity contribution >= 4 is 38.4 Å². The number of carboxylic acids is 1. The fraction of sp³-hybridized carbons (Fsp3) is 0.571. The van der Waals surface area contributed by atoms with E-state index in [2.05, 4.69) is 26.1 Å². The minimum atomic E-state index is -0.783. The molecule has 1 unspecified atom stereocenters. The fourth-order valence-electron chi connectivity index (χ4n) is 1.57. The first-order chi connectivity index (χ1) is 6.68. The van der Waals surface area contributed by atoms with Gasteiger partial charge >= 0.3 is 5.97 Å². The van der Waals surface area contributed by atoms with Crippen LogP contribution < -0.4 is 4.90 Å². The summed E-state index contributed by atoms with van der Waals surface area (Å²) in [7, 11) is 0. The zero-order valence-electron chi connectivity index (χ0n) is 7.18. The molecule has 2 rings (SSSR count). The molecule has 76 valence electrons. The first-order valence-electron chi connectivity index (χ1n) is 4.17. The van der Waals surface area contributed by atoms with Crippen molar-refractivity contribution in [3.05, 3.63) is 3.92 Å². The number of hydrogen-bond donors (Lipinski definition) is 1. The summed E-state index contributed by atoms with van der Waals surface area (Å²) in [6.45, 7) is 0.749. The van der Waals surface area contributed by atoms with E-state index in [9.17, 15) is 4.79 Å².